The summed E-state index contributed by atoms with van der Waals surface area (Å²) in [5.74, 6) is 2.89. The summed E-state index contributed by atoms with van der Waals surface area (Å²) < 4.78 is 33.8. The Morgan fingerprint density at radius 2 is 1.58 bits per heavy atom. The molecule has 0 heterocycles. The van der Waals surface area contributed by atoms with Crippen LogP contribution in [0.2, 0.25) is 10.0 Å². The van der Waals surface area contributed by atoms with Gasteiger partial charge in [0, 0.05) is 18.2 Å². The van der Waals surface area contributed by atoms with Crippen molar-refractivity contribution in [1.29, 1.82) is 0 Å². The molecule has 0 saturated heterocycles. The van der Waals surface area contributed by atoms with Gasteiger partial charge in [-0.05, 0) is 41.0 Å². The summed E-state index contributed by atoms with van der Waals surface area (Å²) >= 11 is 18.7. The zero-order chi connectivity index (χ0) is 24.1. The van der Waals surface area contributed by atoms with E-state index < -0.39 is 29.6 Å². The lowest BCUT2D eigenvalue weighted by Crippen LogP contribution is -2.21. The first kappa shape index (κ1) is 25.4. The molecule has 174 valence electrons. The Balaban J connectivity index is 1.92. The van der Waals surface area contributed by atoms with Crippen LogP contribution in [-0.2, 0) is 9.63 Å². The molecule has 0 aliphatic rings. The van der Waals surface area contributed by atoms with E-state index in [0.29, 0.717) is 11.1 Å². The van der Waals surface area contributed by atoms with Gasteiger partial charge in [0.25, 0.3) is 0 Å². The van der Waals surface area contributed by atoms with Crippen LogP contribution >= 0.6 is 34.8 Å². The molecular weight excluding hydrogens is 495 g/mol. The van der Waals surface area contributed by atoms with Gasteiger partial charge in [0.05, 0.1) is 15.6 Å². The zero-order valence-electron chi connectivity index (χ0n) is 17.5. The SMILES string of the molecule is CCC(=O)Oc1c(Cl)cc(-c2ccc(C(CCl)C(ON)c3c(F)cccc3F)cc2)cc1Cl. The van der Waals surface area contributed by atoms with E-state index in [1.165, 1.54) is 6.07 Å². The molecule has 0 fully saturated rings. The Labute approximate surface area is 205 Å². The maximum absolute atomic E-state index is 14.3. The first-order valence-corrected chi connectivity index (χ1v) is 11.2. The van der Waals surface area contributed by atoms with Gasteiger partial charge in [-0.25, -0.2) is 14.7 Å². The first-order chi connectivity index (χ1) is 15.8. The van der Waals surface area contributed by atoms with E-state index in [-0.39, 0.29) is 33.7 Å². The average molecular weight is 515 g/mol. The first-order valence-electron chi connectivity index (χ1n) is 9.96. The van der Waals surface area contributed by atoms with Crippen molar-refractivity contribution in [1.82, 2.24) is 0 Å². The van der Waals surface area contributed by atoms with E-state index in [0.717, 1.165) is 17.7 Å². The van der Waals surface area contributed by atoms with E-state index in [1.807, 2.05) is 0 Å². The van der Waals surface area contributed by atoms with E-state index in [9.17, 15) is 13.6 Å². The summed E-state index contributed by atoms with van der Waals surface area (Å²) in [4.78, 5) is 16.5. The number of hydrogen-bond donors (Lipinski definition) is 1. The molecule has 2 unspecified atom stereocenters. The van der Waals surface area contributed by atoms with Gasteiger partial charge in [-0.3, -0.25) is 9.63 Å². The molecular formula is C24H20Cl3F2NO3. The highest BCUT2D eigenvalue weighted by Crippen LogP contribution is 2.40. The Bertz CT molecular complexity index is 1100. The molecule has 0 bridgehead atoms. The summed E-state index contributed by atoms with van der Waals surface area (Å²) in [7, 11) is 0. The second kappa shape index (κ2) is 11.3. The third kappa shape index (κ3) is 5.65. The fourth-order valence-corrected chi connectivity index (χ4v) is 4.33. The third-order valence-corrected chi connectivity index (χ3v) is 6.03. The second-order valence-corrected chi connectivity index (χ2v) is 8.29. The lowest BCUT2D eigenvalue weighted by molar-refractivity contribution is -0.134. The lowest BCUT2D eigenvalue weighted by Gasteiger charge is -2.25. The summed E-state index contributed by atoms with van der Waals surface area (Å²) in [6, 6.07) is 13.8. The van der Waals surface area contributed by atoms with Gasteiger partial charge in [0.15, 0.2) is 5.75 Å². The average Bonchev–Trinajstić information content (AvgIpc) is 2.80. The van der Waals surface area contributed by atoms with Crippen molar-refractivity contribution in [2.75, 3.05) is 5.88 Å². The lowest BCUT2D eigenvalue weighted by atomic mass is 9.89. The highest BCUT2D eigenvalue weighted by atomic mass is 35.5. The van der Waals surface area contributed by atoms with Crippen molar-refractivity contribution in [2.45, 2.75) is 25.4 Å². The van der Waals surface area contributed by atoms with Crippen LogP contribution < -0.4 is 10.6 Å². The molecule has 0 aromatic heterocycles. The van der Waals surface area contributed by atoms with E-state index in [1.54, 1.807) is 43.3 Å². The number of nitrogens with two attached hydrogens (primary N) is 1. The van der Waals surface area contributed by atoms with Gasteiger partial charge in [-0.2, -0.15) is 0 Å². The van der Waals surface area contributed by atoms with Crippen LogP contribution in [0.3, 0.4) is 0 Å². The molecule has 0 aliphatic carbocycles. The van der Waals surface area contributed by atoms with Gasteiger partial charge in [-0.15, -0.1) is 11.6 Å². The quantitative estimate of drug-likeness (QED) is 0.149. The minimum atomic E-state index is -1.13. The predicted octanol–water partition coefficient (Wildman–Crippen LogP) is 7.21. The molecule has 2 N–H and O–H groups in total. The predicted molar refractivity (Wildman–Crippen MR) is 126 cm³/mol. The number of carbonyl (C=O) groups excluding carboxylic acids is 1. The summed E-state index contributed by atoms with van der Waals surface area (Å²) in [6.07, 6.45) is -0.951. The summed E-state index contributed by atoms with van der Waals surface area (Å²) in [5.41, 5.74) is 1.82. The molecule has 0 saturated carbocycles. The van der Waals surface area contributed by atoms with Gasteiger partial charge in [0.2, 0.25) is 0 Å². The number of hydrogen-bond acceptors (Lipinski definition) is 4. The van der Waals surface area contributed by atoms with Crippen molar-refractivity contribution >= 4 is 40.8 Å². The third-order valence-electron chi connectivity index (χ3n) is 5.14. The monoisotopic (exact) mass is 513 g/mol. The number of ether oxygens (including phenoxy) is 1. The van der Waals surface area contributed by atoms with Gasteiger partial charge >= 0.3 is 5.97 Å². The van der Waals surface area contributed by atoms with E-state index >= 15 is 0 Å². The number of benzene rings is 3. The minimum absolute atomic E-state index is 0.00410. The molecule has 3 aromatic carbocycles. The van der Waals surface area contributed by atoms with Crippen LogP contribution in [-0.4, -0.2) is 11.8 Å². The van der Waals surface area contributed by atoms with Crippen LogP contribution in [0.15, 0.2) is 54.6 Å². The van der Waals surface area contributed by atoms with Gasteiger partial charge in [0.1, 0.15) is 17.7 Å². The second-order valence-electron chi connectivity index (χ2n) is 7.17. The highest BCUT2D eigenvalue weighted by Gasteiger charge is 2.30. The fraction of sp³-hybridized carbons (Fsp3) is 0.208. The summed E-state index contributed by atoms with van der Waals surface area (Å²) in [5, 5.41) is 0.377. The zero-order valence-corrected chi connectivity index (χ0v) is 19.7. The Morgan fingerprint density at radius 1 is 1.00 bits per heavy atom. The number of halogens is 5. The maximum Gasteiger partial charge on any atom is 0.310 e. The number of alkyl halides is 1. The van der Waals surface area contributed by atoms with Gasteiger partial charge < -0.3 is 4.74 Å². The number of carbonyl (C=O) groups is 1. The normalized spacial score (nSPS) is 12.9. The van der Waals surface area contributed by atoms with Crippen LogP contribution in [0.25, 0.3) is 11.1 Å². The minimum Gasteiger partial charge on any atom is -0.423 e. The number of esters is 1. The van der Waals surface area contributed by atoms with Gasteiger partial charge in [-0.1, -0.05) is 60.5 Å². The highest BCUT2D eigenvalue weighted by molar-refractivity contribution is 6.37. The molecule has 33 heavy (non-hydrogen) atoms. The largest absolute Gasteiger partial charge is 0.423 e. The van der Waals surface area contributed by atoms with Crippen molar-refractivity contribution in [2.24, 2.45) is 5.90 Å². The molecule has 0 radical (unpaired) electrons. The Kier molecular flexibility index (Phi) is 8.68. The summed E-state index contributed by atoms with van der Waals surface area (Å²) in [6.45, 7) is 1.66. The smallest absolute Gasteiger partial charge is 0.310 e. The molecule has 0 amide bonds. The molecule has 0 spiro atoms. The Morgan fingerprint density at radius 3 is 2.06 bits per heavy atom. The van der Waals surface area contributed by atoms with Crippen LogP contribution in [0.1, 0.15) is 36.5 Å². The van der Waals surface area contributed by atoms with Crippen molar-refractivity contribution in [3.8, 4) is 16.9 Å². The molecule has 3 rings (SSSR count). The van der Waals surface area contributed by atoms with Crippen LogP contribution in [0.5, 0.6) is 5.75 Å². The molecule has 3 aromatic rings. The van der Waals surface area contributed by atoms with E-state index in [2.05, 4.69) is 0 Å². The standard InChI is InChI=1S/C24H20Cl3F2NO3/c1-2-21(31)32-24-17(26)10-15(11-18(24)27)13-6-8-14(9-7-13)16(12-25)23(33-30)22-19(28)4-3-5-20(22)29/h3-11,16,23H,2,12,30H2,1H3. The number of rotatable bonds is 8. The topological polar surface area (TPSA) is 61.5 Å². The molecule has 0 aliphatic heterocycles. The molecule has 9 heteroatoms. The Hall–Kier alpha value is -2.22. The fourth-order valence-electron chi connectivity index (χ4n) is 3.42. The van der Waals surface area contributed by atoms with Crippen molar-refractivity contribution in [3.05, 3.63) is 87.4 Å². The van der Waals surface area contributed by atoms with Crippen molar-refractivity contribution < 1.29 is 23.1 Å². The maximum atomic E-state index is 14.3. The van der Waals surface area contributed by atoms with Crippen molar-refractivity contribution in [3.63, 3.8) is 0 Å². The van der Waals surface area contributed by atoms with Crippen LogP contribution in [0.4, 0.5) is 8.78 Å². The van der Waals surface area contributed by atoms with E-state index in [4.69, 9.17) is 50.3 Å². The molecule has 4 nitrogen and oxygen atoms in total. The van der Waals surface area contributed by atoms with Crippen LogP contribution in [0, 0.1) is 11.6 Å². The molecule has 2 atom stereocenters.